The third-order valence-corrected chi connectivity index (χ3v) is 6.01. The number of rotatable bonds is 9. The monoisotopic (exact) mass is 495 g/mol. The average Bonchev–Trinajstić information content (AvgIpc) is 3.57. The van der Waals surface area contributed by atoms with E-state index in [1.54, 1.807) is 13.1 Å². The SMILES string of the molecule is Cc1nn2cc(C3CC3)cnc2c1C(=O)N[C@](C)(CCOCCO)c1ncc(C(F)(F)F)cc1F. The van der Waals surface area contributed by atoms with Crippen LogP contribution in [0, 0.1) is 12.7 Å². The van der Waals surface area contributed by atoms with Crippen LogP contribution in [-0.4, -0.2) is 50.4 Å². The number of amides is 1. The number of halogens is 4. The van der Waals surface area contributed by atoms with Gasteiger partial charge in [0.15, 0.2) is 5.65 Å². The van der Waals surface area contributed by atoms with Gasteiger partial charge >= 0.3 is 6.18 Å². The molecule has 0 saturated heterocycles. The van der Waals surface area contributed by atoms with Crippen LogP contribution in [-0.2, 0) is 16.5 Å². The first-order valence-corrected chi connectivity index (χ1v) is 11.1. The van der Waals surface area contributed by atoms with Crippen LogP contribution in [0.3, 0.4) is 0 Å². The molecular weight excluding hydrogens is 470 g/mol. The predicted molar refractivity (Wildman–Crippen MR) is 116 cm³/mol. The molecule has 3 aromatic rings. The number of fused-ring (bicyclic) bond motifs is 1. The van der Waals surface area contributed by atoms with Gasteiger partial charge in [0, 0.05) is 25.2 Å². The molecule has 1 aliphatic rings. The summed E-state index contributed by atoms with van der Waals surface area (Å²) in [7, 11) is 0. The minimum atomic E-state index is -4.77. The van der Waals surface area contributed by atoms with Gasteiger partial charge in [-0.3, -0.25) is 9.78 Å². The van der Waals surface area contributed by atoms with E-state index in [1.807, 2.05) is 6.20 Å². The summed E-state index contributed by atoms with van der Waals surface area (Å²) in [5.74, 6) is -1.41. The maximum atomic E-state index is 14.9. The highest BCUT2D eigenvalue weighted by Crippen LogP contribution is 2.39. The number of hydrogen-bond donors (Lipinski definition) is 2. The van der Waals surface area contributed by atoms with E-state index in [1.165, 1.54) is 11.4 Å². The summed E-state index contributed by atoms with van der Waals surface area (Å²) in [6.07, 6.45) is 1.40. The molecule has 1 aliphatic carbocycles. The first kappa shape index (κ1) is 25.0. The molecule has 1 saturated carbocycles. The zero-order valence-electron chi connectivity index (χ0n) is 19.2. The molecule has 0 aromatic carbocycles. The lowest BCUT2D eigenvalue weighted by Crippen LogP contribution is -2.46. The number of ether oxygens (including phenoxy) is 1. The summed E-state index contributed by atoms with van der Waals surface area (Å²) in [6.45, 7) is 2.83. The lowest BCUT2D eigenvalue weighted by Gasteiger charge is -2.31. The number of nitrogens with zero attached hydrogens (tertiary/aromatic N) is 4. The molecule has 8 nitrogen and oxygen atoms in total. The quantitative estimate of drug-likeness (QED) is 0.348. The van der Waals surface area contributed by atoms with Gasteiger partial charge in [0.25, 0.3) is 5.91 Å². The Morgan fingerprint density at radius 1 is 1.26 bits per heavy atom. The second-order valence-electron chi connectivity index (χ2n) is 8.81. The van der Waals surface area contributed by atoms with E-state index in [9.17, 15) is 22.4 Å². The van der Waals surface area contributed by atoms with E-state index in [0.29, 0.717) is 29.5 Å². The van der Waals surface area contributed by atoms with E-state index in [4.69, 9.17) is 9.84 Å². The Balaban J connectivity index is 1.67. The predicted octanol–water partition coefficient (Wildman–Crippen LogP) is 3.51. The van der Waals surface area contributed by atoms with Crippen molar-refractivity contribution in [3.63, 3.8) is 0 Å². The van der Waals surface area contributed by atoms with Crippen molar-refractivity contribution in [2.75, 3.05) is 19.8 Å². The van der Waals surface area contributed by atoms with E-state index >= 15 is 0 Å². The molecule has 1 amide bonds. The molecule has 12 heteroatoms. The molecule has 0 bridgehead atoms. The van der Waals surface area contributed by atoms with Crippen molar-refractivity contribution in [1.82, 2.24) is 24.9 Å². The summed E-state index contributed by atoms with van der Waals surface area (Å²) in [4.78, 5) is 21.5. The molecule has 4 rings (SSSR count). The van der Waals surface area contributed by atoms with Gasteiger partial charge in [-0.2, -0.15) is 18.3 Å². The summed E-state index contributed by atoms with van der Waals surface area (Å²) >= 11 is 0. The van der Waals surface area contributed by atoms with Crippen LogP contribution in [0.25, 0.3) is 5.65 Å². The van der Waals surface area contributed by atoms with Gasteiger partial charge in [0.1, 0.15) is 17.1 Å². The molecule has 3 heterocycles. The highest BCUT2D eigenvalue weighted by molar-refractivity contribution is 6.01. The van der Waals surface area contributed by atoms with Crippen molar-refractivity contribution in [3.05, 3.63) is 58.6 Å². The topological polar surface area (TPSA) is 102 Å². The van der Waals surface area contributed by atoms with Crippen LogP contribution in [0.1, 0.15) is 65.0 Å². The van der Waals surface area contributed by atoms with Crippen molar-refractivity contribution >= 4 is 11.6 Å². The maximum Gasteiger partial charge on any atom is 0.417 e. The second kappa shape index (κ2) is 9.50. The fourth-order valence-electron chi connectivity index (χ4n) is 3.95. The van der Waals surface area contributed by atoms with Gasteiger partial charge in [-0.05, 0) is 50.7 Å². The molecule has 0 spiro atoms. The van der Waals surface area contributed by atoms with Gasteiger partial charge in [0.05, 0.1) is 30.0 Å². The fourth-order valence-corrected chi connectivity index (χ4v) is 3.95. The normalized spacial score (nSPS) is 15.9. The van der Waals surface area contributed by atoms with Gasteiger partial charge in [0.2, 0.25) is 0 Å². The number of hydrogen-bond acceptors (Lipinski definition) is 6. The third kappa shape index (κ3) is 5.27. The Hall–Kier alpha value is -3.12. The summed E-state index contributed by atoms with van der Waals surface area (Å²) in [5, 5.41) is 16.0. The first-order chi connectivity index (χ1) is 16.5. The zero-order chi connectivity index (χ0) is 25.4. The fraction of sp³-hybridized carbons (Fsp3) is 0.478. The molecule has 0 aliphatic heterocycles. The van der Waals surface area contributed by atoms with Gasteiger partial charge < -0.3 is 15.2 Å². The molecule has 0 radical (unpaired) electrons. The van der Waals surface area contributed by atoms with Crippen molar-refractivity contribution in [3.8, 4) is 0 Å². The van der Waals surface area contributed by atoms with Crippen molar-refractivity contribution in [2.24, 2.45) is 0 Å². The molecular formula is C23H25F4N5O3. The number of aliphatic hydroxyl groups is 1. The molecule has 0 unspecified atom stereocenters. The van der Waals surface area contributed by atoms with Crippen molar-refractivity contribution in [1.29, 1.82) is 0 Å². The molecule has 2 N–H and O–H groups in total. The minimum Gasteiger partial charge on any atom is -0.394 e. The number of carbonyl (C=O) groups is 1. The number of aryl methyl sites for hydroxylation is 1. The second-order valence-corrected chi connectivity index (χ2v) is 8.81. The lowest BCUT2D eigenvalue weighted by atomic mass is 9.91. The Kier molecular flexibility index (Phi) is 6.78. The van der Waals surface area contributed by atoms with Crippen LogP contribution in [0.4, 0.5) is 17.6 Å². The van der Waals surface area contributed by atoms with Crippen LogP contribution in [0.2, 0.25) is 0 Å². The first-order valence-electron chi connectivity index (χ1n) is 11.1. The number of alkyl halides is 3. The summed E-state index contributed by atoms with van der Waals surface area (Å²) in [6, 6.07) is 0.350. The van der Waals surface area contributed by atoms with E-state index < -0.39 is 29.0 Å². The number of aromatic nitrogens is 4. The Morgan fingerprint density at radius 2 is 2.00 bits per heavy atom. The van der Waals surface area contributed by atoms with E-state index in [-0.39, 0.29) is 37.5 Å². The maximum absolute atomic E-state index is 14.9. The number of carbonyl (C=O) groups excluding carboxylic acids is 1. The summed E-state index contributed by atoms with van der Waals surface area (Å²) in [5.41, 5.74) is -1.25. The molecule has 1 fully saturated rings. The van der Waals surface area contributed by atoms with Gasteiger partial charge in [-0.1, -0.05) is 0 Å². The van der Waals surface area contributed by atoms with Gasteiger partial charge in [-0.25, -0.2) is 13.9 Å². The van der Waals surface area contributed by atoms with Gasteiger partial charge in [-0.15, -0.1) is 0 Å². The Morgan fingerprint density at radius 3 is 2.63 bits per heavy atom. The largest absolute Gasteiger partial charge is 0.417 e. The molecule has 3 aromatic heterocycles. The minimum absolute atomic E-state index is 0.00729. The molecule has 35 heavy (non-hydrogen) atoms. The van der Waals surface area contributed by atoms with Crippen molar-refractivity contribution < 1.29 is 32.2 Å². The van der Waals surface area contributed by atoms with Crippen molar-refractivity contribution in [2.45, 2.75) is 50.7 Å². The van der Waals surface area contributed by atoms with Crippen LogP contribution < -0.4 is 5.32 Å². The van der Waals surface area contributed by atoms with Crippen LogP contribution >= 0.6 is 0 Å². The smallest absolute Gasteiger partial charge is 0.394 e. The lowest BCUT2D eigenvalue weighted by molar-refractivity contribution is -0.138. The highest BCUT2D eigenvalue weighted by atomic mass is 19.4. The van der Waals surface area contributed by atoms with E-state index in [0.717, 1.165) is 18.4 Å². The molecule has 188 valence electrons. The molecule has 1 atom stereocenters. The van der Waals surface area contributed by atoms with E-state index in [2.05, 4.69) is 20.4 Å². The van der Waals surface area contributed by atoms with Crippen LogP contribution in [0.5, 0.6) is 0 Å². The summed E-state index contributed by atoms with van der Waals surface area (Å²) < 4.78 is 60.7. The average molecular weight is 495 g/mol. The zero-order valence-corrected chi connectivity index (χ0v) is 19.2. The standard InChI is InChI=1S/C23H25F4N5O3/c1-13-18(20-29-10-15(14-3-4-14)12-32(20)31-13)21(34)30-22(2,5-7-35-8-6-33)19-17(24)9-16(11-28-19)23(25,26)27/h9-12,14,33H,3-8H2,1-2H3,(H,30,34)/t22-/m1/s1. The third-order valence-electron chi connectivity index (χ3n) is 6.01. The highest BCUT2D eigenvalue weighted by Gasteiger charge is 2.38. The number of nitrogens with one attached hydrogen (secondary N) is 1. The number of pyridine rings is 1. The Bertz CT molecular complexity index is 1240. The Labute approximate surface area is 198 Å². The number of aliphatic hydroxyl groups excluding tert-OH is 1. The van der Waals surface area contributed by atoms with Crippen LogP contribution in [0.15, 0.2) is 24.7 Å².